The van der Waals surface area contributed by atoms with Crippen molar-refractivity contribution < 1.29 is 4.79 Å². The van der Waals surface area contributed by atoms with Gasteiger partial charge in [-0.25, -0.2) is 14.6 Å². The number of nitrogens with zero attached hydrogens (tertiary/aromatic N) is 4. The van der Waals surface area contributed by atoms with Crippen molar-refractivity contribution in [3.63, 3.8) is 0 Å². The minimum Gasteiger partial charge on any atom is -0.351 e. The van der Waals surface area contributed by atoms with E-state index in [1.807, 2.05) is 0 Å². The molecule has 0 bridgehead atoms. The van der Waals surface area contributed by atoms with Crippen LogP contribution in [0, 0.1) is 0 Å². The lowest BCUT2D eigenvalue weighted by Gasteiger charge is -2.25. The van der Waals surface area contributed by atoms with Gasteiger partial charge in [0.25, 0.3) is 5.91 Å². The number of hydrogen-bond acceptors (Lipinski definition) is 4. The van der Waals surface area contributed by atoms with Crippen LogP contribution in [0.4, 0.5) is 0 Å². The number of aryl methyl sites for hydroxylation is 1. The topological polar surface area (TPSA) is 72.7 Å². The molecule has 3 aromatic rings. The van der Waals surface area contributed by atoms with E-state index in [0.717, 1.165) is 12.8 Å². The molecule has 4 rings (SSSR count). The van der Waals surface area contributed by atoms with Crippen LogP contribution in [0.1, 0.15) is 40.2 Å². The molecule has 1 aliphatic carbocycles. The maximum absolute atomic E-state index is 12.5. The summed E-state index contributed by atoms with van der Waals surface area (Å²) in [5.41, 5.74) is 3.35. The Balaban J connectivity index is 1.46. The highest BCUT2D eigenvalue weighted by atomic mass is 16.1. The first-order valence-corrected chi connectivity index (χ1v) is 8.48. The number of amides is 1. The van der Waals surface area contributed by atoms with Crippen LogP contribution in [-0.4, -0.2) is 32.2 Å². The molecule has 6 heteroatoms. The first-order valence-electron chi connectivity index (χ1n) is 8.48. The van der Waals surface area contributed by atoms with Crippen LogP contribution in [-0.2, 0) is 6.42 Å². The van der Waals surface area contributed by atoms with E-state index >= 15 is 0 Å². The lowest BCUT2D eigenvalue weighted by atomic mass is 9.83. The SMILES string of the molecule is O=C(NC[C@@H]1CCCc2ccccc21)c1ccnc(-n2cncn2)c1. The van der Waals surface area contributed by atoms with Gasteiger partial charge >= 0.3 is 0 Å². The second-order valence-corrected chi connectivity index (χ2v) is 6.24. The summed E-state index contributed by atoms with van der Waals surface area (Å²) < 4.78 is 1.54. The van der Waals surface area contributed by atoms with Gasteiger partial charge in [0, 0.05) is 24.2 Å². The molecule has 1 N–H and O–H groups in total. The van der Waals surface area contributed by atoms with E-state index in [9.17, 15) is 4.79 Å². The molecule has 1 amide bonds. The number of rotatable bonds is 4. The van der Waals surface area contributed by atoms with Crippen LogP contribution in [0.25, 0.3) is 5.82 Å². The number of carbonyl (C=O) groups is 1. The third-order valence-electron chi connectivity index (χ3n) is 4.66. The number of aromatic nitrogens is 4. The zero-order chi connectivity index (χ0) is 17.1. The molecular weight excluding hydrogens is 314 g/mol. The van der Waals surface area contributed by atoms with Crippen molar-refractivity contribution in [3.05, 3.63) is 71.9 Å². The zero-order valence-corrected chi connectivity index (χ0v) is 13.8. The summed E-state index contributed by atoms with van der Waals surface area (Å²) in [6, 6.07) is 12.0. The summed E-state index contributed by atoms with van der Waals surface area (Å²) in [5, 5.41) is 7.11. The van der Waals surface area contributed by atoms with Gasteiger partial charge in [0.05, 0.1) is 0 Å². The predicted octanol–water partition coefficient (Wildman–Crippen LogP) is 2.51. The third-order valence-corrected chi connectivity index (χ3v) is 4.66. The van der Waals surface area contributed by atoms with E-state index in [1.165, 1.54) is 28.6 Å². The van der Waals surface area contributed by atoms with Crippen molar-refractivity contribution >= 4 is 5.91 Å². The first-order chi connectivity index (χ1) is 12.3. The molecule has 2 heterocycles. The number of hydrogen-bond donors (Lipinski definition) is 1. The van der Waals surface area contributed by atoms with Gasteiger partial charge < -0.3 is 5.32 Å². The summed E-state index contributed by atoms with van der Waals surface area (Å²) in [5.74, 6) is 0.866. The average Bonchev–Trinajstić information content (AvgIpc) is 3.21. The predicted molar refractivity (Wildman–Crippen MR) is 93.6 cm³/mol. The number of carbonyl (C=O) groups excluding carboxylic acids is 1. The van der Waals surface area contributed by atoms with Gasteiger partial charge in [0.1, 0.15) is 12.7 Å². The first kappa shape index (κ1) is 15.5. The average molecular weight is 333 g/mol. The van der Waals surface area contributed by atoms with E-state index < -0.39 is 0 Å². The molecule has 0 unspecified atom stereocenters. The molecule has 1 aromatic carbocycles. The van der Waals surface area contributed by atoms with Crippen molar-refractivity contribution in [2.75, 3.05) is 6.54 Å². The summed E-state index contributed by atoms with van der Waals surface area (Å²) in [6.45, 7) is 0.650. The van der Waals surface area contributed by atoms with E-state index in [4.69, 9.17) is 0 Å². The fraction of sp³-hybridized carbons (Fsp3) is 0.263. The Bertz CT molecular complexity index is 875. The lowest BCUT2D eigenvalue weighted by molar-refractivity contribution is 0.0950. The lowest BCUT2D eigenvalue weighted by Crippen LogP contribution is -2.30. The van der Waals surface area contributed by atoms with Crippen molar-refractivity contribution in [1.29, 1.82) is 0 Å². The van der Waals surface area contributed by atoms with Gasteiger partial charge in [-0.15, -0.1) is 0 Å². The number of fused-ring (bicyclic) bond motifs is 1. The summed E-state index contributed by atoms with van der Waals surface area (Å²) in [4.78, 5) is 20.7. The van der Waals surface area contributed by atoms with Gasteiger partial charge in [0.2, 0.25) is 0 Å². The monoisotopic (exact) mass is 333 g/mol. The van der Waals surface area contributed by atoms with Crippen LogP contribution in [0.15, 0.2) is 55.2 Å². The fourth-order valence-electron chi connectivity index (χ4n) is 3.40. The molecule has 6 nitrogen and oxygen atoms in total. The molecule has 25 heavy (non-hydrogen) atoms. The number of pyridine rings is 1. The molecule has 0 saturated heterocycles. The molecule has 1 aliphatic rings. The molecule has 0 aliphatic heterocycles. The van der Waals surface area contributed by atoms with Crippen LogP contribution >= 0.6 is 0 Å². The summed E-state index contributed by atoms with van der Waals surface area (Å²) in [7, 11) is 0. The van der Waals surface area contributed by atoms with Gasteiger partial charge in [-0.2, -0.15) is 5.10 Å². The van der Waals surface area contributed by atoms with Gasteiger partial charge in [-0.3, -0.25) is 4.79 Å². The largest absolute Gasteiger partial charge is 0.351 e. The highest BCUT2D eigenvalue weighted by molar-refractivity contribution is 5.94. The number of benzene rings is 1. The van der Waals surface area contributed by atoms with Gasteiger partial charge in [-0.05, 0) is 42.5 Å². The van der Waals surface area contributed by atoms with Crippen molar-refractivity contribution in [2.45, 2.75) is 25.2 Å². The maximum atomic E-state index is 12.5. The minimum atomic E-state index is -0.0909. The molecule has 2 aromatic heterocycles. The highest BCUT2D eigenvalue weighted by Crippen LogP contribution is 2.30. The Morgan fingerprint density at radius 3 is 3.08 bits per heavy atom. The quantitative estimate of drug-likeness (QED) is 0.796. The van der Waals surface area contributed by atoms with E-state index in [2.05, 4.69) is 44.6 Å². The molecule has 1 atom stereocenters. The number of nitrogens with one attached hydrogen (secondary N) is 1. The van der Waals surface area contributed by atoms with Crippen molar-refractivity contribution in [2.24, 2.45) is 0 Å². The van der Waals surface area contributed by atoms with Crippen LogP contribution < -0.4 is 5.32 Å². The van der Waals surface area contributed by atoms with Crippen LogP contribution in [0.3, 0.4) is 0 Å². The minimum absolute atomic E-state index is 0.0909. The molecule has 0 radical (unpaired) electrons. The Hall–Kier alpha value is -3.02. The van der Waals surface area contributed by atoms with Crippen LogP contribution in [0.5, 0.6) is 0 Å². The zero-order valence-electron chi connectivity index (χ0n) is 13.8. The van der Waals surface area contributed by atoms with Crippen molar-refractivity contribution in [3.8, 4) is 5.82 Å². The fourth-order valence-corrected chi connectivity index (χ4v) is 3.40. The molecule has 126 valence electrons. The van der Waals surface area contributed by atoms with E-state index in [0.29, 0.717) is 23.8 Å². The second kappa shape index (κ2) is 6.84. The van der Waals surface area contributed by atoms with Gasteiger partial charge in [0.15, 0.2) is 5.82 Å². The van der Waals surface area contributed by atoms with Crippen LogP contribution in [0.2, 0.25) is 0 Å². The van der Waals surface area contributed by atoms with E-state index in [-0.39, 0.29) is 5.91 Å². The van der Waals surface area contributed by atoms with E-state index in [1.54, 1.807) is 24.7 Å². The summed E-state index contributed by atoms with van der Waals surface area (Å²) in [6.07, 6.45) is 8.02. The molecule has 0 fully saturated rings. The second-order valence-electron chi connectivity index (χ2n) is 6.24. The van der Waals surface area contributed by atoms with Gasteiger partial charge in [-0.1, -0.05) is 24.3 Å². The Kier molecular flexibility index (Phi) is 4.24. The maximum Gasteiger partial charge on any atom is 0.251 e. The highest BCUT2D eigenvalue weighted by Gasteiger charge is 2.20. The Morgan fingerprint density at radius 1 is 1.28 bits per heavy atom. The van der Waals surface area contributed by atoms with Crippen molar-refractivity contribution in [1.82, 2.24) is 25.1 Å². The molecule has 0 saturated carbocycles. The summed E-state index contributed by atoms with van der Waals surface area (Å²) >= 11 is 0. The smallest absolute Gasteiger partial charge is 0.251 e. The Morgan fingerprint density at radius 2 is 2.20 bits per heavy atom. The standard InChI is InChI=1S/C19H19N5O/c25-19(15-8-9-21-18(10-15)24-13-20-12-23-24)22-11-16-6-3-5-14-4-1-2-7-17(14)16/h1-2,4,7-10,12-13,16H,3,5-6,11H2,(H,22,25)/t16-/m0/s1. The Labute approximate surface area is 145 Å². The molecular formula is C19H19N5O. The normalized spacial score (nSPS) is 16.2. The third kappa shape index (κ3) is 3.28. The molecule has 0 spiro atoms.